The summed E-state index contributed by atoms with van der Waals surface area (Å²) in [6, 6.07) is 17.8. The van der Waals surface area contributed by atoms with E-state index in [1.807, 2.05) is 6.92 Å². The first-order valence-corrected chi connectivity index (χ1v) is 10.5. The number of sulfonamides is 1. The van der Waals surface area contributed by atoms with Crippen molar-refractivity contribution < 1.29 is 22.7 Å². The van der Waals surface area contributed by atoms with Gasteiger partial charge in [-0.3, -0.25) is 9.52 Å². The normalized spacial score (nSPS) is 10.9. The van der Waals surface area contributed by atoms with E-state index in [1.54, 1.807) is 48.5 Å². The number of benzene rings is 3. The Morgan fingerprint density at radius 2 is 1.57 bits per heavy atom. The maximum absolute atomic E-state index is 12.9. The first-order valence-electron chi connectivity index (χ1n) is 9.06. The largest absolute Gasteiger partial charge is 0.497 e. The van der Waals surface area contributed by atoms with Gasteiger partial charge in [0.05, 0.1) is 36.1 Å². The summed E-state index contributed by atoms with van der Waals surface area (Å²) < 4.78 is 38.4. The summed E-state index contributed by atoms with van der Waals surface area (Å²) in [6.45, 7) is 1.87. The van der Waals surface area contributed by atoms with Gasteiger partial charge >= 0.3 is 0 Å². The molecule has 0 aliphatic rings. The van der Waals surface area contributed by atoms with Crippen molar-refractivity contribution in [3.8, 4) is 11.5 Å². The summed E-state index contributed by atoms with van der Waals surface area (Å²) in [5, 5.41) is 2.75. The quantitative estimate of drug-likeness (QED) is 0.594. The van der Waals surface area contributed by atoms with E-state index >= 15 is 0 Å². The molecule has 3 aromatic rings. The van der Waals surface area contributed by atoms with Crippen molar-refractivity contribution in [3.05, 3.63) is 77.9 Å². The van der Waals surface area contributed by atoms with Gasteiger partial charge in [-0.1, -0.05) is 29.8 Å². The van der Waals surface area contributed by atoms with Gasteiger partial charge in [-0.25, -0.2) is 8.42 Å². The van der Waals surface area contributed by atoms with Crippen LogP contribution in [-0.4, -0.2) is 28.5 Å². The summed E-state index contributed by atoms with van der Waals surface area (Å²) in [5.41, 5.74) is 1.72. The molecule has 2 N–H and O–H groups in total. The first kappa shape index (κ1) is 21.2. The fraction of sp³-hybridized carbons (Fsp3) is 0.136. The zero-order valence-electron chi connectivity index (χ0n) is 16.8. The van der Waals surface area contributed by atoms with E-state index in [-0.39, 0.29) is 16.1 Å². The molecule has 0 saturated heterocycles. The van der Waals surface area contributed by atoms with Gasteiger partial charge in [-0.15, -0.1) is 0 Å². The van der Waals surface area contributed by atoms with Crippen molar-refractivity contribution >= 4 is 27.3 Å². The van der Waals surface area contributed by atoms with E-state index in [0.717, 1.165) is 5.56 Å². The number of aryl methyl sites for hydroxylation is 1. The molecule has 0 spiro atoms. The molecule has 8 heteroatoms. The Kier molecular flexibility index (Phi) is 6.27. The molecular weight excluding hydrogens is 404 g/mol. The topological polar surface area (TPSA) is 93.7 Å². The van der Waals surface area contributed by atoms with Gasteiger partial charge in [-0.2, -0.15) is 0 Å². The highest BCUT2D eigenvalue weighted by molar-refractivity contribution is 7.92. The van der Waals surface area contributed by atoms with Gasteiger partial charge in [0, 0.05) is 6.07 Å². The highest BCUT2D eigenvalue weighted by atomic mass is 32.2. The lowest BCUT2D eigenvalue weighted by Crippen LogP contribution is -2.19. The number of rotatable bonds is 7. The molecular formula is C22H22N2O5S. The van der Waals surface area contributed by atoms with Gasteiger partial charge in [0.25, 0.3) is 15.9 Å². The van der Waals surface area contributed by atoms with Crippen molar-refractivity contribution in [1.29, 1.82) is 0 Å². The first-order chi connectivity index (χ1) is 14.3. The van der Waals surface area contributed by atoms with Crippen LogP contribution in [0, 0.1) is 6.92 Å². The molecule has 0 fully saturated rings. The van der Waals surface area contributed by atoms with Gasteiger partial charge in [0.15, 0.2) is 0 Å². The van der Waals surface area contributed by atoms with Gasteiger partial charge in [-0.05, 0) is 43.3 Å². The third-order valence-corrected chi connectivity index (χ3v) is 5.79. The third-order valence-electron chi connectivity index (χ3n) is 4.40. The van der Waals surface area contributed by atoms with E-state index in [0.29, 0.717) is 17.2 Å². The fourth-order valence-electron chi connectivity index (χ4n) is 2.78. The van der Waals surface area contributed by atoms with Crippen LogP contribution in [0.1, 0.15) is 15.9 Å². The zero-order valence-corrected chi connectivity index (χ0v) is 17.6. The Morgan fingerprint density at radius 1 is 0.867 bits per heavy atom. The highest BCUT2D eigenvalue weighted by Crippen LogP contribution is 2.30. The maximum atomic E-state index is 12.9. The number of carbonyl (C=O) groups excluding carboxylic acids is 1. The lowest BCUT2D eigenvalue weighted by Gasteiger charge is -2.15. The Morgan fingerprint density at radius 3 is 2.23 bits per heavy atom. The number of anilines is 2. The molecule has 0 saturated carbocycles. The molecule has 0 radical (unpaired) electrons. The van der Waals surface area contributed by atoms with Crippen molar-refractivity contribution in [1.82, 2.24) is 0 Å². The van der Waals surface area contributed by atoms with Crippen LogP contribution in [0.4, 0.5) is 11.4 Å². The molecule has 0 bridgehead atoms. The summed E-state index contributed by atoms with van der Waals surface area (Å²) in [6.07, 6.45) is 0. The molecule has 30 heavy (non-hydrogen) atoms. The van der Waals surface area contributed by atoms with E-state index in [9.17, 15) is 13.2 Å². The standard InChI is InChI=1S/C22H22N2O5S/c1-15-8-11-17(12-9-15)30(26,27)24-19-7-5-4-6-18(19)22(25)23-20-13-10-16(28-2)14-21(20)29-3/h4-14,24H,1-3H3,(H,23,25). The molecule has 0 aliphatic heterocycles. The van der Waals surface area contributed by atoms with Crippen LogP contribution >= 0.6 is 0 Å². The molecule has 156 valence electrons. The van der Waals surface area contributed by atoms with Crippen molar-refractivity contribution in [2.75, 3.05) is 24.3 Å². The summed E-state index contributed by atoms with van der Waals surface area (Å²) in [7, 11) is -0.841. The van der Waals surface area contributed by atoms with Crippen LogP contribution in [0.2, 0.25) is 0 Å². The maximum Gasteiger partial charge on any atom is 0.261 e. The number of methoxy groups -OCH3 is 2. The van der Waals surface area contributed by atoms with Crippen LogP contribution < -0.4 is 19.5 Å². The monoisotopic (exact) mass is 426 g/mol. The Labute approximate surface area is 175 Å². The molecule has 1 amide bonds. The Balaban J connectivity index is 1.88. The smallest absolute Gasteiger partial charge is 0.261 e. The van der Waals surface area contributed by atoms with Gasteiger partial charge in [0.2, 0.25) is 0 Å². The highest BCUT2D eigenvalue weighted by Gasteiger charge is 2.19. The molecule has 0 heterocycles. The van der Waals surface area contributed by atoms with E-state index in [1.165, 1.54) is 32.4 Å². The molecule has 0 aromatic heterocycles. The average molecular weight is 426 g/mol. The summed E-state index contributed by atoms with van der Waals surface area (Å²) >= 11 is 0. The van der Waals surface area contributed by atoms with Crippen LogP contribution in [0.25, 0.3) is 0 Å². The predicted octanol–water partition coefficient (Wildman–Crippen LogP) is 4.07. The fourth-order valence-corrected chi connectivity index (χ4v) is 3.86. The predicted molar refractivity (Wildman–Crippen MR) is 116 cm³/mol. The van der Waals surface area contributed by atoms with Crippen LogP contribution in [-0.2, 0) is 10.0 Å². The van der Waals surface area contributed by atoms with Crippen LogP contribution in [0.5, 0.6) is 11.5 Å². The lowest BCUT2D eigenvalue weighted by molar-refractivity contribution is 0.102. The Hall–Kier alpha value is -3.52. The number of para-hydroxylation sites is 1. The number of hydrogen-bond donors (Lipinski definition) is 2. The lowest BCUT2D eigenvalue weighted by atomic mass is 10.1. The second-order valence-electron chi connectivity index (χ2n) is 6.48. The van der Waals surface area contributed by atoms with Gasteiger partial charge in [0.1, 0.15) is 11.5 Å². The van der Waals surface area contributed by atoms with E-state index in [4.69, 9.17) is 9.47 Å². The SMILES string of the molecule is COc1ccc(NC(=O)c2ccccc2NS(=O)(=O)c2ccc(C)cc2)c(OC)c1. The number of nitrogens with one attached hydrogen (secondary N) is 2. The Bertz CT molecular complexity index is 1160. The average Bonchev–Trinajstić information content (AvgIpc) is 2.74. The molecule has 7 nitrogen and oxygen atoms in total. The summed E-state index contributed by atoms with van der Waals surface area (Å²) in [4.78, 5) is 13.0. The molecule has 3 aromatic carbocycles. The minimum Gasteiger partial charge on any atom is -0.497 e. The van der Waals surface area contributed by atoms with Crippen LogP contribution in [0.3, 0.4) is 0 Å². The van der Waals surface area contributed by atoms with E-state index in [2.05, 4.69) is 10.0 Å². The molecule has 0 unspecified atom stereocenters. The van der Waals surface area contributed by atoms with Crippen molar-refractivity contribution in [2.24, 2.45) is 0 Å². The molecule has 3 rings (SSSR count). The minimum absolute atomic E-state index is 0.111. The minimum atomic E-state index is -3.85. The van der Waals surface area contributed by atoms with Gasteiger partial charge < -0.3 is 14.8 Å². The third kappa shape index (κ3) is 4.72. The number of amides is 1. The second-order valence-corrected chi connectivity index (χ2v) is 8.17. The van der Waals surface area contributed by atoms with Crippen LogP contribution in [0.15, 0.2) is 71.6 Å². The number of hydrogen-bond acceptors (Lipinski definition) is 5. The zero-order chi connectivity index (χ0) is 21.7. The van der Waals surface area contributed by atoms with Crippen molar-refractivity contribution in [2.45, 2.75) is 11.8 Å². The molecule has 0 atom stereocenters. The molecule has 0 aliphatic carbocycles. The second kappa shape index (κ2) is 8.87. The van der Waals surface area contributed by atoms with Crippen molar-refractivity contribution in [3.63, 3.8) is 0 Å². The number of ether oxygens (including phenoxy) is 2. The number of carbonyl (C=O) groups is 1. The summed E-state index contributed by atoms with van der Waals surface area (Å²) in [5.74, 6) is 0.511. The van der Waals surface area contributed by atoms with E-state index < -0.39 is 15.9 Å².